The van der Waals surface area contributed by atoms with Gasteiger partial charge >= 0.3 is 0 Å². The van der Waals surface area contributed by atoms with Crippen molar-refractivity contribution in [3.8, 4) is 22.9 Å². The van der Waals surface area contributed by atoms with E-state index in [4.69, 9.17) is 14.0 Å². The van der Waals surface area contributed by atoms with Gasteiger partial charge in [0.2, 0.25) is 17.6 Å². The van der Waals surface area contributed by atoms with Crippen molar-refractivity contribution in [1.82, 2.24) is 20.4 Å². The number of nitrogens with one attached hydrogen (secondary N) is 1. The lowest BCUT2D eigenvalue weighted by Crippen LogP contribution is -2.40. The zero-order chi connectivity index (χ0) is 24.6. The van der Waals surface area contributed by atoms with Crippen LogP contribution < -0.4 is 14.8 Å². The number of benzene rings is 2. The largest absolute Gasteiger partial charge is 0.490 e. The molecule has 1 N–H and O–H groups in total. The predicted molar refractivity (Wildman–Crippen MR) is 136 cm³/mol. The van der Waals surface area contributed by atoms with Crippen molar-refractivity contribution in [1.29, 1.82) is 0 Å². The number of ether oxygens (including phenoxy) is 2. The minimum atomic E-state index is 0.000209. The van der Waals surface area contributed by atoms with Gasteiger partial charge in [-0.05, 0) is 69.6 Å². The average Bonchev–Trinajstić information content (AvgIpc) is 3.33. The van der Waals surface area contributed by atoms with E-state index in [1.165, 1.54) is 0 Å². The molecular weight excluding hydrogens is 512 g/mol. The summed E-state index contributed by atoms with van der Waals surface area (Å²) in [5.41, 5.74) is 1.89. The predicted octanol–water partition coefficient (Wildman–Crippen LogP) is 4.82. The minimum absolute atomic E-state index is 0.000209. The van der Waals surface area contributed by atoms with E-state index in [0.29, 0.717) is 43.8 Å². The van der Waals surface area contributed by atoms with Gasteiger partial charge in [0.25, 0.3) is 0 Å². The van der Waals surface area contributed by atoms with Gasteiger partial charge in [0.1, 0.15) is 0 Å². The molecule has 1 aliphatic heterocycles. The number of carbonyl (C=O) groups excluding carboxylic acids is 1. The number of nitrogens with zero attached hydrogens (tertiary/aromatic N) is 3. The van der Waals surface area contributed by atoms with Gasteiger partial charge in [0, 0.05) is 22.5 Å². The van der Waals surface area contributed by atoms with E-state index in [2.05, 4.69) is 36.3 Å². The Bertz CT molecular complexity index is 1130. The molecule has 1 fully saturated rings. The Morgan fingerprint density at radius 1 is 1.11 bits per heavy atom. The van der Waals surface area contributed by atoms with E-state index in [-0.39, 0.29) is 11.8 Å². The number of hydrogen-bond acceptors (Lipinski definition) is 7. The molecule has 9 heteroatoms. The smallest absolute Gasteiger partial charge is 0.241 e. The van der Waals surface area contributed by atoms with Crippen molar-refractivity contribution in [3.05, 3.63) is 58.4 Å². The number of aromatic nitrogens is 2. The van der Waals surface area contributed by atoms with Gasteiger partial charge < -0.3 is 19.3 Å². The second-order valence-electron chi connectivity index (χ2n) is 8.44. The van der Waals surface area contributed by atoms with E-state index in [9.17, 15) is 4.79 Å². The molecule has 186 valence electrons. The van der Waals surface area contributed by atoms with E-state index in [1.807, 2.05) is 56.3 Å². The molecule has 0 aliphatic carbocycles. The summed E-state index contributed by atoms with van der Waals surface area (Å²) in [5.74, 6) is 2.69. The molecule has 0 spiro atoms. The van der Waals surface area contributed by atoms with Crippen LogP contribution in [-0.2, 0) is 17.9 Å². The zero-order valence-electron chi connectivity index (χ0n) is 20.1. The number of piperidine rings is 1. The molecule has 8 nitrogen and oxygen atoms in total. The fourth-order valence-electron chi connectivity index (χ4n) is 4.15. The highest BCUT2D eigenvalue weighted by atomic mass is 79.9. The van der Waals surface area contributed by atoms with Crippen LogP contribution in [0.1, 0.15) is 38.1 Å². The van der Waals surface area contributed by atoms with Crippen LogP contribution in [0, 0.1) is 5.92 Å². The molecule has 1 aliphatic rings. The summed E-state index contributed by atoms with van der Waals surface area (Å²) in [5, 5.41) is 7.19. The zero-order valence-corrected chi connectivity index (χ0v) is 21.7. The molecule has 0 atom stereocenters. The molecule has 1 saturated heterocycles. The van der Waals surface area contributed by atoms with Crippen LogP contribution in [0.15, 0.2) is 51.5 Å². The first kappa shape index (κ1) is 25.2. The van der Waals surface area contributed by atoms with Crippen LogP contribution >= 0.6 is 15.9 Å². The highest BCUT2D eigenvalue weighted by Crippen LogP contribution is 2.29. The monoisotopic (exact) mass is 542 g/mol. The maximum Gasteiger partial charge on any atom is 0.241 e. The maximum absolute atomic E-state index is 12.8. The van der Waals surface area contributed by atoms with Gasteiger partial charge in [-0.15, -0.1) is 0 Å². The van der Waals surface area contributed by atoms with Crippen LogP contribution in [0.25, 0.3) is 11.4 Å². The Hall–Kier alpha value is -2.91. The lowest BCUT2D eigenvalue weighted by Gasteiger charge is -2.30. The Kier molecular flexibility index (Phi) is 8.76. The molecule has 0 bridgehead atoms. The van der Waals surface area contributed by atoms with Gasteiger partial charge in [-0.2, -0.15) is 4.98 Å². The second-order valence-corrected chi connectivity index (χ2v) is 9.35. The summed E-state index contributed by atoms with van der Waals surface area (Å²) >= 11 is 3.47. The fourth-order valence-corrected chi connectivity index (χ4v) is 4.55. The third-order valence-corrected chi connectivity index (χ3v) is 6.44. The fraction of sp³-hybridized carbons (Fsp3) is 0.423. The number of hydrogen-bond donors (Lipinski definition) is 1. The molecule has 3 aromatic rings. The molecule has 1 aromatic heterocycles. The van der Waals surface area contributed by atoms with Crippen molar-refractivity contribution in [3.63, 3.8) is 0 Å². The Balaban J connectivity index is 1.25. The number of amides is 1. The summed E-state index contributed by atoms with van der Waals surface area (Å²) in [6, 6.07) is 13.6. The van der Waals surface area contributed by atoms with Crippen molar-refractivity contribution < 1.29 is 18.8 Å². The van der Waals surface area contributed by atoms with E-state index < -0.39 is 0 Å². The van der Waals surface area contributed by atoms with Crippen molar-refractivity contribution in [2.75, 3.05) is 26.3 Å². The Morgan fingerprint density at radius 2 is 1.89 bits per heavy atom. The van der Waals surface area contributed by atoms with Crippen LogP contribution in [-0.4, -0.2) is 47.3 Å². The topological polar surface area (TPSA) is 89.7 Å². The normalized spacial score (nSPS) is 14.6. The van der Waals surface area contributed by atoms with Gasteiger partial charge in [-0.1, -0.05) is 39.3 Å². The lowest BCUT2D eigenvalue weighted by molar-refractivity contribution is -0.126. The van der Waals surface area contributed by atoms with Crippen molar-refractivity contribution >= 4 is 21.8 Å². The average molecular weight is 543 g/mol. The van der Waals surface area contributed by atoms with Crippen molar-refractivity contribution in [2.24, 2.45) is 5.92 Å². The first-order valence-electron chi connectivity index (χ1n) is 12.0. The minimum Gasteiger partial charge on any atom is -0.490 e. The summed E-state index contributed by atoms with van der Waals surface area (Å²) in [6.45, 7) is 7.69. The molecule has 35 heavy (non-hydrogen) atoms. The van der Waals surface area contributed by atoms with E-state index in [1.54, 1.807) is 0 Å². The summed E-state index contributed by atoms with van der Waals surface area (Å²) in [4.78, 5) is 19.6. The first-order chi connectivity index (χ1) is 17.1. The van der Waals surface area contributed by atoms with Gasteiger partial charge in [0.15, 0.2) is 11.5 Å². The molecule has 2 heterocycles. The number of likely N-dealkylation sites (tertiary alicyclic amines) is 1. The first-order valence-corrected chi connectivity index (χ1v) is 12.8. The molecule has 4 rings (SSSR count). The van der Waals surface area contributed by atoms with E-state index >= 15 is 0 Å². The second kappa shape index (κ2) is 12.2. The Labute approximate surface area is 214 Å². The highest BCUT2D eigenvalue weighted by Gasteiger charge is 2.26. The lowest BCUT2D eigenvalue weighted by atomic mass is 9.96. The molecule has 2 aromatic carbocycles. The highest BCUT2D eigenvalue weighted by molar-refractivity contribution is 9.10. The third kappa shape index (κ3) is 6.82. The Morgan fingerprint density at radius 3 is 2.63 bits per heavy atom. The van der Waals surface area contributed by atoms with Gasteiger partial charge in [0.05, 0.1) is 19.8 Å². The standard InChI is InChI=1S/C26H31BrN4O4/c1-3-33-22-9-8-18(14-23(22)34-4-2)16-28-26(32)19-10-12-31(13-11-19)17-24-29-25(30-35-24)20-6-5-7-21(27)15-20/h5-9,14-15,19H,3-4,10-13,16-17H2,1-2H3,(H,28,32). The summed E-state index contributed by atoms with van der Waals surface area (Å²) in [6.07, 6.45) is 1.60. The van der Waals surface area contributed by atoms with E-state index in [0.717, 1.165) is 47.3 Å². The molecule has 1 amide bonds. The SMILES string of the molecule is CCOc1ccc(CNC(=O)C2CCN(Cc3nc(-c4cccc(Br)c4)no3)CC2)cc1OCC. The van der Waals surface area contributed by atoms with Crippen LogP contribution in [0.5, 0.6) is 11.5 Å². The molecular formula is C26H31BrN4O4. The van der Waals surface area contributed by atoms with Gasteiger partial charge in [-0.25, -0.2) is 0 Å². The summed E-state index contributed by atoms with van der Waals surface area (Å²) in [7, 11) is 0. The quantitative estimate of drug-likeness (QED) is 0.392. The third-order valence-electron chi connectivity index (χ3n) is 5.94. The maximum atomic E-state index is 12.8. The molecule has 0 saturated carbocycles. The van der Waals surface area contributed by atoms with Crippen molar-refractivity contribution in [2.45, 2.75) is 39.8 Å². The van der Waals surface area contributed by atoms with Crippen LogP contribution in [0.4, 0.5) is 0 Å². The van der Waals surface area contributed by atoms with Crippen LogP contribution in [0.3, 0.4) is 0 Å². The summed E-state index contributed by atoms with van der Waals surface area (Å²) < 4.78 is 17.7. The van der Waals surface area contributed by atoms with Crippen LogP contribution in [0.2, 0.25) is 0 Å². The number of rotatable bonds is 10. The van der Waals surface area contributed by atoms with Gasteiger partial charge in [-0.3, -0.25) is 9.69 Å². The molecule has 0 unspecified atom stereocenters. The number of carbonyl (C=O) groups is 1. The number of halogens is 1. The molecule has 0 radical (unpaired) electrons.